The number of halogens is 1. The quantitative estimate of drug-likeness (QED) is 0.272. The average Bonchev–Trinajstić information content (AvgIpc) is 2.77. The molecule has 0 radical (unpaired) electrons. The summed E-state index contributed by atoms with van der Waals surface area (Å²) in [5.74, 6) is -0.228. The smallest absolute Gasteiger partial charge is 0.330 e. The highest BCUT2D eigenvalue weighted by molar-refractivity contribution is 7.88. The normalized spacial score (nSPS) is 15.5. The van der Waals surface area contributed by atoms with Crippen LogP contribution in [-0.2, 0) is 14.8 Å². The molecule has 1 fully saturated rings. The number of carboxylic acid groups (broad SMARTS) is 1. The molecule has 192 valence electrons. The van der Waals surface area contributed by atoms with Crippen LogP contribution in [0.5, 0.6) is 11.5 Å². The van der Waals surface area contributed by atoms with Crippen LogP contribution in [0.15, 0.2) is 42.5 Å². The minimum Gasteiger partial charge on any atom is -0.494 e. The fourth-order valence-electron chi connectivity index (χ4n) is 3.75. The minimum atomic E-state index is -3.24. The van der Waals surface area contributed by atoms with Gasteiger partial charge in [-0.25, -0.2) is 17.5 Å². The number of hydrogen-bond acceptors (Lipinski definition) is 7. The molecule has 0 amide bonds. The number of piperidine rings is 1. The molecule has 10 nitrogen and oxygen atoms in total. The third-order valence-electron chi connectivity index (χ3n) is 5.47. The van der Waals surface area contributed by atoms with E-state index in [2.05, 4.69) is 5.32 Å². The van der Waals surface area contributed by atoms with E-state index < -0.39 is 22.0 Å². The summed E-state index contributed by atoms with van der Waals surface area (Å²) < 4.78 is 36.7. The van der Waals surface area contributed by atoms with E-state index in [1.54, 1.807) is 42.5 Å². The monoisotopic (exact) mass is 526 g/mol. The maximum atomic E-state index is 12.1. The number of benzene rings is 2. The molecule has 2 aromatic carbocycles. The van der Waals surface area contributed by atoms with Gasteiger partial charge < -0.3 is 25.6 Å². The van der Waals surface area contributed by atoms with Crippen LogP contribution in [0.4, 0.5) is 5.69 Å². The van der Waals surface area contributed by atoms with Crippen LogP contribution < -0.4 is 20.5 Å². The molecule has 0 saturated carbocycles. The second kappa shape index (κ2) is 12.1. The van der Waals surface area contributed by atoms with Crippen LogP contribution in [-0.4, -0.2) is 61.7 Å². The Bertz CT molecular complexity index is 1140. The van der Waals surface area contributed by atoms with Gasteiger partial charge in [0.2, 0.25) is 10.0 Å². The standard InChI is InChI=1S/C23H30N4O6S.ClH/c1-3-32-19-12-16(21(23(28)29)26-17-6-4-15(5-7-17)22(24)25)13-20(14-19)33-18-8-10-27(11-9-18)34(2,30)31;/h4-7,12-14,18,21,26H,3,8-11H2,1-2H3,(H3,24,25)(H,28,29);1H. The molecule has 1 saturated heterocycles. The highest BCUT2D eigenvalue weighted by atomic mass is 35.5. The largest absolute Gasteiger partial charge is 0.494 e. The van der Waals surface area contributed by atoms with Gasteiger partial charge >= 0.3 is 5.97 Å². The maximum absolute atomic E-state index is 12.1. The number of nitrogens with zero attached hydrogens (tertiary/aromatic N) is 1. The molecule has 0 spiro atoms. The first-order valence-corrected chi connectivity index (χ1v) is 12.7. The minimum absolute atomic E-state index is 0. The second-order valence-corrected chi connectivity index (χ2v) is 10.0. The van der Waals surface area contributed by atoms with E-state index in [-0.39, 0.29) is 24.3 Å². The van der Waals surface area contributed by atoms with Gasteiger partial charge in [-0.1, -0.05) is 0 Å². The molecule has 0 bridgehead atoms. The van der Waals surface area contributed by atoms with Gasteiger partial charge in [0, 0.05) is 30.4 Å². The maximum Gasteiger partial charge on any atom is 0.330 e. The number of nitrogen functional groups attached to an aromatic ring is 1. The van der Waals surface area contributed by atoms with Crippen LogP contribution in [0.3, 0.4) is 0 Å². The zero-order valence-electron chi connectivity index (χ0n) is 19.6. The third-order valence-corrected chi connectivity index (χ3v) is 6.78. The van der Waals surface area contributed by atoms with Crippen molar-refractivity contribution in [1.29, 1.82) is 5.41 Å². The fourth-order valence-corrected chi connectivity index (χ4v) is 4.63. The summed E-state index contributed by atoms with van der Waals surface area (Å²) in [6.45, 7) is 2.97. The van der Waals surface area contributed by atoms with Gasteiger partial charge in [-0.3, -0.25) is 5.41 Å². The number of nitrogens with one attached hydrogen (secondary N) is 2. The van der Waals surface area contributed by atoms with Crippen molar-refractivity contribution in [1.82, 2.24) is 4.31 Å². The number of aliphatic carboxylic acids is 1. The van der Waals surface area contributed by atoms with Crippen LogP contribution in [0.1, 0.15) is 36.9 Å². The zero-order chi connectivity index (χ0) is 24.9. The Balaban J connectivity index is 0.00000432. The van der Waals surface area contributed by atoms with Crippen molar-refractivity contribution in [3.63, 3.8) is 0 Å². The average molecular weight is 527 g/mol. The first kappa shape index (κ1) is 28.2. The van der Waals surface area contributed by atoms with E-state index in [1.165, 1.54) is 10.6 Å². The topological polar surface area (TPSA) is 155 Å². The predicted molar refractivity (Wildman–Crippen MR) is 136 cm³/mol. The number of carbonyl (C=O) groups is 1. The molecule has 2 aromatic rings. The molecule has 3 rings (SSSR count). The number of hydrogen-bond donors (Lipinski definition) is 4. The van der Waals surface area contributed by atoms with Crippen molar-refractivity contribution >= 4 is 39.9 Å². The number of anilines is 1. The van der Waals surface area contributed by atoms with E-state index >= 15 is 0 Å². The molecule has 12 heteroatoms. The number of nitrogens with two attached hydrogens (primary N) is 1. The zero-order valence-corrected chi connectivity index (χ0v) is 21.2. The van der Waals surface area contributed by atoms with E-state index in [4.69, 9.17) is 20.6 Å². The summed E-state index contributed by atoms with van der Waals surface area (Å²) >= 11 is 0. The van der Waals surface area contributed by atoms with Gasteiger partial charge in [0.05, 0.1) is 12.9 Å². The van der Waals surface area contributed by atoms with Crippen LogP contribution >= 0.6 is 12.4 Å². The SMILES string of the molecule is CCOc1cc(OC2CCN(S(C)(=O)=O)CC2)cc(C(Nc2ccc(C(=N)N)cc2)C(=O)O)c1.Cl. The summed E-state index contributed by atoms with van der Waals surface area (Å²) in [5, 5.41) is 20.4. The van der Waals surface area contributed by atoms with Crippen molar-refractivity contribution < 1.29 is 27.8 Å². The highest BCUT2D eigenvalue weighted by Gasteiger charge is 2.27. The Kier molecular flexibility index (Phi) is 9.75. The van der Waals surface area contributed by atoms with Gasteiger partial charge in [0.15, 0.2) is 6.04 Å². The Hall–Kier alpha value is -3.02. The van der Waals surface area contributed by atoms with Crippen molar-refractivity contribution in [2.24, 2.45) is 5.73 Å². The van der Waals surface area contributed by atoms with E-state index in [0.29, 0.717) is 60.9 Å². The molecule has 1 aliphatic heterocycles. The summed E-state index contributed by atoms with van der Waals surface area (Å²) in [5.41, 5.74) is 7.01. The summed E-state index contributed by atoms with van der Waals surface area (Å²) in [6, 6.07) is 10.5. The molecular formula is C23H31ClN4O6S. The molecule has 1 heterocycles. The number of carboxylic acids is 1. The Morgan fingerprint density at radius 2 is 1.80 bits per heavy atom. The van der Waals surface area contributed by atoms with E-state index in [9.17, 15) is 18.3 Å². The second-order valence-electron chi connectivity index (χ2n) is 8.06. The third kappa shape index (κ3) is 7.74. The van der Waals surface area contributed by atoms with Gasteiger partial charge in [-0.15, -0.1) is 12.4 Å². The van der Waals surface area contributed by atoms with Gasteiger partial charge in [0.25, 0.3) is 0 Å². The molecule has 1 atom stereocenters. The van der Waals surface area contributed by atoms with Crippen molar-refractivity contribution in [3.8, 4) is 11.5 Å². The van der Waals surface area contributed by atoms with E-state index in [1.807, 2.05) is 6.92 Å². The Morgan fingerprint density at radius 3 is 2.31 bits per heavy atom. The number of ether oxygens (including phenoxy) is 2. The predicted octanol–water partition coefficient (Wildman–Crippen LogP) is 2.83. The van der Waals surface area contributed by atoms with Crippen LogP contribution in [0.2, 0.25) is 0 Å². The molecule has 0 aromatic heterocycles. The van der Waals surface area contributed by atoms with Gasteiger partial charge in [0.1, 0.15) is 23.4 Å². The lowest BCUT2D eigenvalue weighted by Gasteiger charge is -2.30. The van der Waals surface area contributed by atoms with Crippen molar-refractivity contribution in [3.05, 3.63) is 53.6 Å². The molecule has 5 N–H and O–H groups in total. The molecule has 1 unspecified atom stereocenters. The summed E-state index contributed by atoms with van der Waals surface area (Å²) in [6.07, 6.45) is 2.06. The molecule has 35 heavy (non-hydrogen) atoms. The van der Waals surface area contributed by atoms with E-state index in [0.717, 1.165) is 0 Å². The number of amidine groups is 1. The van der Waals surface area contributed by atoms with Gasteiger partial charge in [-0.2, -0.15) is 0 Å². The van der Waals surface area contributed by atoms with Gasteiger partial charge in [-0.05, 0) is 61.7 Å². The Labute approximate surface area is 211 Å². The van der Waals surface area contributed by atoms with Crippen molar-refractivity contribution in [2.75, 3.05) is 31.3 Å². The van der Waals surface area contributed by atoms with Crippen molar-refractivity contribution in [2.45, 2.75) is 31.9 Å². The fraction of sp³-hybridized carbons (Fsp3) is 0.391. The van der Waals surface area contributed by atoms with Crippen LogP contribution in [0.25, 0.3) is 0 Å². The molecule has 1 aliphatic rings. The summed E-state index contributed by atoms with van der Waals surface area (Å²) in [4.78, 5) is 12.1. The Morgan fingerprint density at radius 1 is 1.20 bits per heavy atom. The first-order valence-electron chi connectivity index (χ1n) is 10.9. The molecular weight excluding hydrogens is 496 g/mol. The molecule has 0 aliphatic carbocycles. The lowest BCUT2D eigenvalue weighted by molar-refractivity contribution is -0.138. The first-order chi connectivity index (χ1) is 16.1. The highest BCUT2D eigenvalue weighted by Crippen LogP contribution is 2.31. The van der Waals surface area contributed by atoms with Crippen LogP contribution in [0, 0.1) is 5.41 Å². The summed E-state index contributed by atoms with van der Waals surface area (Å²) in [7, 11) is -3.24. The number of rotatable bonds is 10. The lowest BCUT2D eigenvalue weighted by Crippen LogP contribution is -2.41. The lowest BCUT2D eigenvalue weighted by atomic mass is 10.0. The number of sulfonamides is 1.